The van der Waals surface area contributed by atoms with Crippen molar-refractivity contribution in [3.05, 3.63) is 72.3 Å². The summed E-state index contributed by atoms with van der Waals surface area (Å²) in [6, 6.07) is 14.3. The van der Waals surface area contributed by atoms with Crippen molar-refractivity contribution in [1.29, 1.82) is 0 Å². The van der Waals surface area contributed by atoms with Gasteiger partial charge in [0.1, 0.15) is 18.7 Å². The highest BCUT2D eigenvalue weighted by Gasteiger charge is 2.42. The number of carboxylic acids is 1. The SMILES string of the molecule is C=CCCC(NC(=O)OCC1c2ccccc2-c2ccccc21)C(=O)N1C(C)SCC1C(=O)O. The van der Waals surface area contributed by atoms with Crippen molar-refractivity contribution in [2.75, 3.05) is 12.4 Å². The number of nitrogens with one attached hydrogen (secondary N) is 1. The van der Waals surface area contributed by atoms with Crippen molar-refractivity contribution in [3.8, 4) is 11.1 Å². The summed E-state index contributed by atoms with van der Waals surface area (Å²) in [5.41, 5.74) is 4.46. The molecule has 3 unspecified atom stereocenters. The molecular formula is C26H28N2O5S. The Kier molecular flexibility index (Phi) is 7.26. The van der Waals surface area contributed by atoms with Gasteiger partial charge in [-0.05, 0) is 42.0 Å². The van der Waals surface area contributed by atoms with Gasteiger partial charge >= 0.3 is 12.1 Å². The lowest BCUT2D eigenvalue weighted by molar-refractivity contribution is -0.149. The highest BCUT2D eigenvalue weighted by Crippen LogP contribution is 2.44. The number of nitrogens with zero attached hydrogens (tertiary/aromatic N) is 1. The number of hydrogen-bond donors (Lipinski definition) is 2. The summed E-state index contributed by atoms with van der Waals surface area (Å²) in [5, 5.41) is 11.9. The third-order valence-electron chi connectivity index (χ3n) is 6.36. The van der Waals surface area contributed by atoms with Crippen molar-refractivity contribution in [3.63, 3.8) is 0 Å². The highest BCUT2D eigenvalue weighted by atomic mass is 32.2. The number of rotatable bonds is 8. The molecule has 2 aromatic rings. The molecule has 0 aromatic heterocycles. The largest absolute Gasteiger partial charge is 0.480 e. The average Bonchev–Trinajstić information content (AvgIpc) is 3.38. The van der Waals surface area contributed by atoms with E-state index in [9.17, 15) is 19.5 Å². The van der Waals surface area contributed by atoms with E-state index in [-0.39, 0.29) is 17.9 Å². The predicted molar refractivity (Wildman–Crippen MR) is 132 cm³/mol. The van der Waals surface area contributed by atoms with Gasteiger partial charge in [-0.25, -0.2) is 9.59 Å². The van der Waals surface area contributed by atoms with Crippen LogP contribution in [0, 0.1) is 0 Å². The average molecular weight is 481 g/mol. The smallest absolute Gasteiger partial charge is 0.407 e. The number of ether oxygens (including phenoxy) is 1. The number of alkyl carbamates (subject to hydrolysis) is 1. The van der Waals surface area contributed by atoms with Gasteiger partial charge in [0, 0.05) is 11.7 Å². The summed E-state index contributed by atoms with van der Waals surface area (Å²) >= 11 is 1.40. The summed E-state index contributed by atoms with van der Waals surface area (Å²) in [4.78, 5) is 39.0. The minimum absolute atomic E-state index is 0.0909. The van der Waals surface area contributed by atoms with Gasteiger partial charge in [-0.15, -0.1) is 18.3 Å². The standard InChI is InChI=1S/C26H28N2O5S/c1-3-4-13-22(24(29)28-16(2)34-15-23(28)25(30)31)27-26(32)33-14-21-19-11-7-5-9-17(19)18-10-6-8-12-20(18)21/h3,5-12,16,21-23H,1,4,13-15H2,2H3,(H,27,32)(H,30,31). The predicted octanol–water partition coefficient (Wildman–Crippen LogP) is 4.23. The molecule has 4 rings (SSSR count). The Balaban J connectivity index is 1.45. The van der Waals surface area contributed by atoms with Crippen LogP contribution in [-0.4, -0.2) is 57.8 Å². The van der Waals surface area contributed by atoms with E-state index in [1.165, 1.54) is 16.7 Å². The minimum Gasteiger partial charge on any atom is -0.480 e. The fraction of sp³-hybridized carbons (Fsp3) is 0.346. The summed E-state index contributed by atoms with van der Waals surface area (Å²) in [7, 11) is 0. The summed E-state index contributed by atoms with van der Waals surface area (Å²) in [6.45, 7) is 5.62. The van der Waals surface area contributed by atoms with Crippen LogP contribution < -0.4 is 5.32 Å². The first kappa shape index (κ1) is 23.9. The van der Waals surface area contributed by atoms with Crippen LogP contribution in [0.25, 0.3) is 11.1 Å². The van der Waals surface area contributed by atoms with E-state index >= 15 is 0 Å². The third kappa shape index (κ3) is 4.68. The van der Waals surface area contributed by atoms with Crippen LogP contribution in [0.2, 0.25) is 0 Å². The molecule has 1 aliphatic carbocycles. The first-order chi connectivity index (χ1) is 16.4. The first-order valence-electron chi connectivity index (χ1n) is 11.3. The molecule has 2 aliphatic rings. The number of amides is 2. The number of fused-ring (bicyclic) bond motifs is 3. The molecule has 34 heavy (non-hydrogen) atoms. The zero-order chi connectivity index (χ0) is 24.2. The van der Waals surface area contributed by atoms with Crippen molar-refractivity contribution >= 4 is 29.7 Å². The van der Waals surface area contributed by atoms with Crippen LogP contribution in [-0.2, 0) is 14.3 Å². The second-order valence-electron chi connectivity index (χ2n) is 8.42. The van der Waals surface area contributed by atoms with Crippen molar-refractivity contribution in [2.45, 2.75) is 43.1 Å². The van der Waals surface area contributed by atoms with Gasteiger partial charge in [0.2, 0.25) is 5.91 Å². The summed E-state index contributed by atoms with van der Waals surface area (Å²) < 4.78 is 5.60. The Hall–Kier alpha value is -3.26. The number of allylic oxidation sites excluding steroid dienone is 1. The second kappa shape index (κ2) is 10.3. The van der Waals surface area contributed by atoms with Gasteiger partial charge in [0.05, 0.1) is 5.37 Å². The van der Waals surface area contributed by atoms with Gasteiger partial charge < -0.3 is 20.1 Å². The second-order valence-corrected chi connectivity index (χ2v) is 9.77. The molecule has 1 saturated heterocycles. The van der Waals surface area contributed by atoms with Crippen molar-refractivity contribution in [1.82, 2.24) is 10.2 Å². The Morgan fingerprint density at radius 1 is 1.18 bits per heavy atom. The number of carbonyl (C=O) groups is 3. The van der Waals surface area contributed by atoms with E-state index in [2.05, 4.69) is 24.0 Å². The first-order valence-corrected chi connectivity index (χ1v) is 12.4. The maximum Gasteiger partial charge on any atom is 0.407 e. The van der Waals surface area contributed by atoms with Crippen molar-refractivity contribution < 1.29 is 24.2 Å². The van der Waals surface area contributed by atoms with Crippen LogP contribution in [0.4, 0.5) is 4.79 Å². The molecular weight excluding hydrogens is 452 g/mol. The quantitative estimate of drug-likeness (QED) is 0.549. The molecule has 7 nitrogen and oxygen atoms in total. The lowest BCUT2D eigenvalue weighted by Crippen LogP contribution is -2.54. The molecule has 2 amide bonds. The third-order valence-corrected chi connectivity index (χ3v) is 7.57. The van der Waals surface area contributed by atoms with Gasteiger partial charge in [-0.2, -0.15) is 0 Å². The van der Waals surface area contributed by atoms with Gasteiger partial charge in [-0.1, -0.05) is 54.6 Å². The van der Waals surface area contributed by atoms with E-state index in [1.807, 2.05) is 36.4 Å². The molecule has 178 valence electrons. The maximum atomic E-state index is 13.2. The van der Waals surface area contributed by atoms with Crippen molar-refractivity contribution in [2.24, 2.45) is 0 Å². The van der Waals surface area contributed by atoms with Crippen LogP contribution >= 0.6 is 11.8 Å². The molecule has 1 aliphatic heterocycles. The van der Waals surface area contributed by atoms with Crippen LogP contribution in [0.5, 0.6) is 0 Å². The van der Waals surface area contributed by atoms with Gasteiger partial charge in [-0.3, -0.25) is 4.79 Å². The lowest BCUT2D eigenvalue weighted by atomic mass is 9.98. The fourth-order valence-electron chi connectivity index (χ4n) is 4.67. The zero-order valence-electron chi connectivity index (χ0n) is 19.0. The van der Waals surface area contributed by atoms with E-state index in [1.54, 1.807) is 13.0 Å². The van der Waals surface area contributed by atoms with Crippen LogP contribution in [0.15, 0.2) is 61.2 Å². The molecule has 2 aromatic carbocycles. The fourth-order valence-corrected chi connectivity index (χ4v) is 5.85. The van der Waals surface area contributed by atoms with E-state index in [0.717, 1.165) is 22.3 Å². The monoisotopic (exact) mass is 480 g/mol. The van der Waals surface area contributed by atoms with Crippen LogP contribution in [0.1, 0.15) is 36.8 Å². The Bertz CT molecular complexity index is 1060. The summed E-state index contributed by atoms with van der Waals surface area (Å²) in [5.74, 6) is -1.23. The Morgan fingerprint density at radius 2 is 1.79 bits per heavy atom. The molecule has 3 atom stereocenters. The lowest BCUT2D eigenvalue weighted by Gasteiger charge is -2.29. The normalized spacial score (nSPS) is 19.7. The number of thioether (sulfide) groups is 1. The van der Waals surface area contributed by atoms with Gasteiger partial charge in [0.15, 0.2) is 0 Å². The van der Waals surface area contributed by atoms with Gasteiger partial charge in [0.25, 0.3) is 0 Å². The Morgan fingerprint density at radius 3 is 2.38 bits per heavy atom. The zero-order valence-corrected chi connectivity index (χ0v) is 19.8. The molecule has 0 saturated carbocycles. The molecule has 2 N–H and O–H groups in total. The van der Waals surface area contributed by atoms with E-state index in [4.69, 9.17) is 4.74 Å². The molecule has 1 fully saturated rings. The molecule has 0 radical (unpaired) electrons. The number of carboxylic acid groups (broad SMARTS) is 1. The summed E-state index contributed by atoms with van der Waals surface area (Å²) in [6.07, 6.45) is 1.77. The highest BCUT2D eigenvalue weighted by molar-refractivity contribution is 8.00. The van der Waals surface area contributed by atoms with E-state index < -0.39 is 30.1 Å². The molecule has 0 spiro atoms. The number of aliphatic carboxylic acids is 1. The van der Waals surface area contributed by atoms with Crippen LogP contribution in [0.3, 0.4) is 0 Å². The minimum atomic E-state index is -1.05. The molecule has 1 heterocycles. The number of hydrogen-bond acceptors (Lipinski definition) is 5. The topological polar surface area (TPSA) is 95.9 Å². The Labute approximate surface area is 203 Å². The maximum absolute atomic E-state index is 13.2. The van der Waals surface area contributed by atoms with E-state index in [0.29, 0.717) is 18.6 Å². The number of benzene rings is 2. The molecule has 0 bridgehead atoms. The number of carbonyl (C=O) groups excluding carboxylic acids is 2. The molecule has 8 heteroatoms.